The standard InChI is InChI=1S/C28H31Cl2N3O/c1-6-19-15-23(26(31-5)32-17-19)27(34)33(14-13-20-9-12-24(29)25(30)16-20)18-21-7-10-22(11-8-21)28(2,3)4/h6-12,15-17H,1,13-14,18H2,2-5H3,(H,31,32). The minimum Gasteiger partial charge on any atom is -0.372 e. The molecule has 0 saturated heterocycles. The monoisotopic (exact) mass is 495 g/mol. The average Bonchev–Trinajstić information content (AvgIpc) is 2.82. The quantitative estimate of drug-likeness (QED) is 0.357. The summed E-state index contributed by atoms with van der Waals surface area (Å²) in [7, 11) is 1.76. The van der Waals surface area contributed by atoms with Gasteiger partial charge in [-0.1, -0.05) is 87.0 Å². The van der Waals surface area contributed by atoms with E-state index in [2.05, 4.69) is 61.9 Å². The molecule has 0 atom stereocenters. The largest absolute Gasteiger partial charge is 0.372 e. The smallest absolute Gasteiger partial charge is 0.257 e. The highest BCUT2D eigenvalue weighted by Gasteiger charge is 2.21. The molecule has 3 aromatic rings. The van der Waals surface area contributed by atoms with Crippen LogP contribution in [0.15, 0.2) is 61.3 Å². The molecule has 0 aliphatic heterocycles. The first-order chi connectivity index (χ1) is 16.1. The predicted molar refractivity (Wildman–Crippen MR) is 144 cm³/mol. The number of nitrogens with zero attached hydrogens (tertiary/aromatic N) is 2. The Morgan fingerprint density at radius 2 is 1.74 bits per heavy atom. The van der Waals surface area contributed by atoms with Gasteiger partial charge in [-0.05, 0) is 52.3 Å². The minimum atomic E-state index is -0.0968. The highest BCUT2D eigenvalue weighted by molar-refractivity contribution is 6.42. The first kappa shape index (κ1) is 25.8. The summed E-state index contributed by atoms with van der Waals surface area (Å²) in [5.74, 6) is 0.443. The van der Waals surface area contributed by atoms with E-state index in [0.29, 0.717) is 40.9 Å². The lowest BCUT2D eigenvalue weighted by molar-refractivity contribution is 0.0745. The zero-order valence-corrected chi connectivity index (χ0v) is 21.7. The van der Waals surface area contributed by atoms with E-state index in [-0.39, 0.29) is 11.3 Å². The summed E-state index contributed by atoms with van der Waals surface area (Å²) in [6, 6.07) is 15.9. The van der Waals surface area contributed by atoms with Crippen molar-refractivity contribution in [2.24, 2.45) is 0 Å². The molecule has 178 valence electrons. The highest BCUT2D eigenvalue weighted by atomic mass is 35.5. The number of amides is 1. The molecule has 0 radical (unpaired) electrons. The molecule has 1 N–H and O–H groups in total. The van der Waals surface area contributed by atoms with Gasteiger partial charge in [-0.2, -0.15) is 0 Å². The van der Waals surface area contributed by atoms with Crippen LogP contribution in [0.3, 0.4) is 0 Å². The first-order valence-corrected chi connectivity index (χ1v) is 12.0. The molecule has 0 spiro atoms. The van der Waals surface area contributed by atoms with Crippen LogP contribution >= 0.6 is 23.2 Å². The Bertz CT molecular complexity index is 1170. The molecule has 6 heteroatoms. The Hall–Kier alpha value is -2.82. The second-order valence-electron chi connectivity index (χ2n) is 9.29. The topological polar surface area (TPSA) is 45.2 Å². The number of rotatable bonds is 8. The van der Waals surface area contributed by atoms with E-state index in [1.54, 1.807) is 25.4 Å². The van der Waals surface area contributed by atoms with E-state index in [9.17, 15) is 4.79 Å². The van der Waals surface area contributed by atoms with Crippen molar-refractivity contribution in [3.05, 3.63) is 99.2 Å². The van der Waals surface area contributed by atoms with E-state index < -0.39 is 0 Å². The number of aromatic nitrogens is 1. The van der Waals surface area contributed by atoms with Crippen LogP contribution in [0, 0.1) is 0 Å². The van der Waals surface area contributed by atoms with Gasteiger partial charge in [0.1, 0.15) is 5.82 Å². The van der Waals surface area contributed by atoms with Crippen LogP contribution in [0.5, 0.6) is 0 Å². The Kier molecular flexibility index (Phi) is 8.40. The minimum absolute atomic E-state index is 0.0698. The van der Waals surface area contributed by atoms with Gasteiger partial charge in [0.15, 0.2) is 0 Å². The van der Waals surface area contributed by atoms with Crippen molar-refractivity contribution in [1.29, 1.82) is 0 Å². The van der Waals surface area contributed by atoms with Crippen molar-refractivity contribution < 1.29 is 4.79 Å². The number of halogens is 2. The molecule has 1 amide bonds. The van der Waals surface area contributed by atoms with Crippen LogP contribution in [-0.2, 0) is 18.4 Å². The summed E-state index contributed by atoms with van der Waals surface area (Å²) in [4.78, 5) is 20.0. The van der Waals surface area contributed by atoms with Crippen LogP contribution in [0.25, 0.3) is 6.08 Å². The lowest BCUT2D eigenvalue weighted by Crippen LogP contribution is -2.33. The number of nitrogens with one attached hydrogen (secondary N) is 1. The molecule has 0 fully saturated rings. The summed E-state index contributed by atoms with van der Waals surface area (Å²) < 4.78 is 0. The molecule has 3 rings (SSSR count). The summed E-state index contributed by atoms with van der Waals surface area (Å²) in [5.41, 5.74) is 4.71. The lowest BCUT2D eigenvalue weighted by Gasteiger charge is -2.25. The van der Waals surface area contributed by atoms with Gasteiger partial charge in [-0.25, -0.2) is 4.98 Å². The Morgan fingerprint density at radius 3 is 2.32 bits per heavy atom. The van der Waals surface area contributed by atoms with E-state index in [4.69, 9.17) is 23.2 Å². The van der Waals surface area contributed by atoms with E-state index in [1.165, 1.54) is 5.56 Å². The lowest BCUT2D eigenvalue weighted by atomic mass is 9.87. The fourth-order valence-corrected chi connectivity index (χ4v) is 3.99. The second-order valence-corrected chi connectivity index (χ2v) is 10.1. The molecule has 1 heterocycles. The molecular weight excluding hydrogens is 465 g/mol. The Morgan fingerprint density at radius 1 is 1.06 bits per heavy atom. The van der Waals surface area contributed by atoms with Crippen molar-refractivity contribution in [3.63, 3.8) is 0 Å². The fourth-order valence-electron chi connectivity index (χ4n) is 3.67. The molecule has 0 aliphatic carbocycles. The predicted octanol–water partition coefficient (Wildman–Crippen LogP) is 7.26. The first-order valence-electron chi connectivity index (χ1n) is 11.2. The maximum Gasteiger partial charge on any atom is 0.257 e. The molecule has 1 aromatic heterocycles. The molecule has 0 aliphatic rings. The second kappa shape index (κ2) is 11.1. The third-order valence-electron chi connectivity index (χ3n) is 5.75. The van der Waals surface area contributed by atoms with Gasteiger partial charge in [0.05, 0.1) is 15.6 Å². The number of benzene rings is 2. The van der Waals surface area contributed by atoms with Crippen molar-refractivity contribution in [1.82, 2.24) is 9.88 Å². The van der Waals surface area contributed by atoms with E-state index in [0.717, 1.165) is 16.7 Å². The van der Waals surface area contributed by atoms with Gasteiger partial charge in [0.2, 0.25) is 0 Å². The highest BCUT2D eigenvalue weighted by Crippen LogP contribution is 2.25. The third-order valence-corrected chi connectivity index (χ3v) is 6.49. The summed E-state index contributed by atoms with van der Waals surface area (Å²) >= 11 is 12.3. The summed E-state index contributed by atoms with van der Waals surface area (Å²) in [5, 5.41) is 4.06. The summed E-state index contributed by atoms with van der Waals surface area (Å²) in [6.45, 7) is 11.4. The van der Waals surface area contributed by atoms with E-state index in [1.807, 2.05) is 23.1 Å². The molecule has 34 heavy (non-hydrogen) atoms. The van der Waals surface area contributed by atoms with Crippen molar-refractivity contribution in [2.75, 3.05) is 18.9 Å². The van der Waals surface area contributed by atoms with Crippen molar-refractivity contribution in [2.45, 2.75) is 39.2 Å². The zero-order valence-electron chi connectivity index (χ0n) is 20.2. The number of pyridine rings is 1. The van der Waals surface area contributed by atoms with Crippen molar-refractivity contribution >= 4 is 41.0 Å². The maximum absolute atomic E-state index is 13.7. The molecule has 0 unspecified atom stereocenters. The van der Waals surface area contributed by atoms with Gasteiger partial charge < -0.3 is 10.2 Å². The SMILES string of the molecule is C=Cc1cnc(NC)c(C(=O)N(CCc2ccc(Cl)c(Cl)c2)Cc2ccc(C(C)(C)C)cc2)c1. The normalized spacial score (nSPS) is 11.2. The third kappa shape index (κ3) is 6.40. The number of anilines is 1. The van der Waals surface area contributed by atoms with Crippen LogP contribution in [0.4, 0.5) is 5.82 Å². The van der Waals surface area contributed by atoms with Crippen molar-refractivity contribution in [3.8, 4) is 0 Å². The van der Waals surface area contributed by atoms with E-state index >= 15 is 0 Å². The Balaban J connectivity index is 1.91. The number of hydrogen-bond acceptors (Lipinski definition) is 3. The Labute approximate surface area is 212 Å². The van der Waals surface area contributed by atoms with Crippen LogP contribution in [-0.4, -0.2) is 29.4 Å². The molecular formula is C28H31Cl2N3O. The maximum atomic E-state index is 13.7. The number of hydrogen-bond donors (Lipinski definition) is 1. The van der Waals surface area contributed by atoms with Crippen LogP contribution in [0.2, 0.25) is 10.0 Å². The molecule has 0 bridgehead atoms. The van der Waals surface area contributed by atoms with Gasteiger partial charge in [-0.15, -0.1) is 0 Å². The number of carbonyl (C=O) groups excluding carboxylic acids is 1. The zero-order chi connectivity index (χ0) is 24.9. The van der Waals surface area contributed by atoms with Gasteiger partial charge in [0.25, 0.3) is 5.91 Å². The average molecular weight is 496 g/mol. The molecule has 0 saturated carbocycles. The van der Waals surface area contributed by atoms with Gasteiger partial charge in [-0.3, -0.25) is 4.79 Å². The van der Waals surface area contributed by atoms with Crippen LogP contribution < -0.4 is 5.32 Å². The fraction of sp³-hybridized carbons (Fsp3) is 0.286. The van der Waals surface area contributed by atoms with Gasteiger partial charge in [0, 0.05) is 26.3 Å². The van der Waals surface area contributed by atoms with Crippen LogP contribution in [0.1, 0.15) is 53.4 Å². The molecule has 2 aromatic carbocycles. The summed E-state index contributed by atoms with van der Waals surface area (Å²) in [6.07, 6.45) is 4.03. The number of carbonyl (C=O) groups is 1. The van der Waals surface area contributed by atoms with Gasteiger partial charge >= 0.3 is 0 Å². The molecule has 4 nitrogen and oxygen atoms in total.